The Morgan fingerprint density at radius 1 is 1.00 bits per heavy atom. The fraction of sp³-hybridized carbons (Fsp3) is 0.393. The van der Waals surface area contributed by atoms with Crippen LogP contribution in [-0.4, -0.2) is 73.2 Å². The molecule has 5 rings (SSSR count). The Hall–Kier alpha value is -4.50. The lowest BCUT2D eigenvalue weighted by atomic mass is 9.83. The van der Waals surface area contributed by atoms with Gasteiger partial charge in [-0.3, -0.25) is 25.0 Å². The molecule has 3 heterocycles. The summed E-state index contributed by atoms with van der Waals surface area (Å²) in [5, 5.41) is 31.8. The van der Waals surface area contributed by atoms with Gasteiger partial charge in [0.2, 0.25) is 5.91 Å². The summed E-state index contributed by atoms with van der Waals surface area (Å²) in [5.41, 5.74) is 1.12. The van der Waals surface area contributed by atoms with Crippen LogP contribution in [0, 0.1) is 26.1 Å². The van der Waals surface area contributed by atoms with E-state index in [0.717, 1.165) is 0 Å². The van der Waals surface area contributed by atoms with E-state index < -0.39 is 33.9 Å². The van der Waals surface area contributed by atoms with Gasteiger partial charge in [0.05, 0.1) is 27.9 Å². The fourth-order valence-electron chi connectivity index (χ4n) is 5.40. The lowest BCUT2D eigenvalue weighted by Gasteiger charge is -2.44. The third-order valence-electron chi connectivity index (χ3n) is 7.62. The molecule has 3 aliphatic heterocycles. The molecule has 0 unspecified atom stereocenters. The molecule has 1 N–H and O–H groups in total. The first-order valence-corrected chi connectivity index (χ1v) is 14.4. The maximum atomic E-state index is 13.3. The molecule has 2 saturated heterocycles. The first kappa shape index (κ1) is 30.0. The Morgan fingerprint density at radius 3 is 2.09 bits per heavy atom. The Bertz CT molecular complexity index is 1480. The van der Waals surface area contributed by atoms with E-state index in [1.54, 1.807) is 4.90 Å². The van der Waals surface area contributed by atoms with Crippen molar-refractivity contribution in [2.75, 3.05) is 13.1 Å². The number of non-ortho nitro benzene ring substituents is 2. The third-order valence-corrected chi connectivity index (χ3v) is 8.98. The van der Waals surface area contributed by atoms with Crippen molar-refractivity contribution in [2.45, 2.75) is 50.4 Å². The van der Waals surface area contributed by atoms with E-state index in [9.17, 15) is 39.7 Å². The van der Waals surface area contributed by atoms with Gasteiger partial charge in [-0.05, 0) is 48.7 Å². The molecule has 0 bridgehead atoms. The number of rotatable bonds is 10. The third kappa shape index (κ3) is 6.32. The number of β-lactam (4-membered cyclic amide) rings is 1. The van der Waals surface area contributed by atoms with Crippen molar-refractivity contribution >= 4 is 41.1 Å². The number of benzene rings is 2. The van der Waals surface area contributed by atoms with Crippen LogP contribution in [0.15, 0.2) is 59.1 Å². The first-order chi connectivity index (χ1) is 20.5. The molecule has 0 aromatic heterocycles. The van der Waals surface area contributed by atoms with E-state index in [-0.39, 0.29) is 47.5 Å². The van der Waals surface area contributed by atoms with Crippen molar-refractivity contribution in [1.82, 2.24) is 9.80 Å². The van der Waals surface area contributed by atoms with E-state index in [2.05, 4.69) is 0 Å². The van der Waals surface area contributed by atoms with E-state index in [4.69, 9.17) is 9.47 Å². The molecule has 2 amide bonds. The monoisotopic (exact) mass is 612 g/mol. The van der Waals surface area contributed by atoms with Gasteiger partial charge in [0.1, 0.15) is 18.9 Å². The van der Waals surface area contributed by atoms with Crippen LogP contribution in [0.1, 0.15) is 30.9 Å². The number of carbonyl (C=O) groups is 3. The fourth-order valence-corrected chi connectivity index (χ4v) is 6.84. The molecule has 2 fully saturated rings. The maximum absolute atomic E-state index is 13.3. The zero-order chi connectivity index (χ0) is 30.8. The van der Waals surface area contributed by atoms with E-state index in [0.29, 0.717) is 42.0 Å². The number of fused-ring (bicyclic) bond motifs is 1. The van der Waals surface area contributed by atoms with Crippen LogP contribution in [0.5, 0.6) is 0 Å². The standard InChI is InChI=1S/C28H28N4O10S/c1-16(33)24-22-12-23(25(30(22)26(24)34)27(35)41-14-17-2-6-19(7-3-17)31(37)38)43-21-10-11-29(13-21)28(36)42-15-18-4-8-20(9-5-18)32(39)40/h2-9,16,21-22,24,33H,10-15H2,1H3/t16-,21+,22-,24+/m1/s1. The van der Waals surface area contributed by atoms with Gasteiger partial charge in [0.25, 0.3) is 11.4 Å². The van der Waals surface area contributed by atoms with Gasteiger partial charge in [0, 0.05) is 53.9 Å². The lowest BCUT2D eigenvalue weighted by Crippen LogP contribution is -2.61. The molecule has 15 heteroatoms. The molecule has 2 aromatic carbocycles. The highest BCUT2D eigenvalue weighted by Gasteiger charge is 2.57. The number of esters is 1. The van der Waals surface area contributed by atoms with Crippen molar-refractivity contribution in [3.05, 3.63) is 90.5 Å². The van der Waals surface area contributed by atoms with Gasteiger partial charge in [-0.15, -0.1) is 11.8 Å². The minimum atomic E-state index is -0.886. The number of aliphatic hydroxyl groups is 1. The number of aliphatic hydroxyl groups excluding tert-OH is 1. The number of ether oxygens (including phenoxy) is 2. The molecular weight excluding hydrogens is 584 g/mol. The smallest absolute Gasteiger partial charge is 0.410 e. The quantitative estimate of drug-likeness (QED) is 0.179. The number of hydrogen-bond acceptors (Lipinski definition) is 11. The highest BCUT2D eigenvalue weighted by atomic mass is 32.2. The molecular formula is C28H28N4O10S. The second-order valence-electron chi connectivity index (χ2n) is 10.5. The molecule has 226 valence electrons. The van der Waals surface area contributed by atoms with Crippen LogP contribution >= 0.6 is 11.8 Å². The second kappa shape index (κ2) is 12.4. The van der Waals surface area contributed by atoms with Crippen LogP contribution < -0.4 is 0 Å². The highest BCUT2D eigenvalue weighted by molar-refractivity contribution is 8.03. The number of amides is 2. The summed E-state index contributed by atoms with van der Waals surface area (Å²) in [7, 11) is 0. The predicted octanol–water partition coefficient (Wildman–Crippen LogP) is 3.51. The minimum Gasteiger partial charge on any atom is -0.456 e. The molecule has 3 aliphatic rings. The molecule has 14 nitrogen and oxygen atoms in total. The maximum Gasteiger partial charge on any atom is 0.410 e. The van der Waals surface area contributed by atoms with Crippen LogP contribution in [-0.2, 0) is 32.3 Å². The summed E-state index contributed by atoms with van der Waals surface area (Å²) >= 11 is 1.40. The normalized spacial score (nSPS) is 21.7. The zero-order valence-electron chi connectivity index (χ0n) is 23.0. The summed E-state index contributed by atoms with van der Waals surface area (Å²) < 4.78 is 10.9. The minimum absolute atomic E-state index is 0.0411. The Morgan fingerprint density at radius 2 is 1.56 bits per heavy atom. The number of hydrogen-bond donors (Lipinski definition) is 1. The van der Waals surface area contributed by atoms with E-state index in [1.807, 2.05) is 0 Å². The first-order valence-electron chi connectivity index (χ1n) is 13.5. The number of nitro benzene ring substituents is 2. The topological polar surface area (TPSA) is 183 Å². The van der Waals surface area contributed by atoms with E-state index >= 15 is 0 Å². The summed E-state index contributed by atoms with van der Waals surface area (Å²) in [6, 6.07) is 10.9. The molecule has 0 radical (unpaired) electrons. The molecule has 43 heavy (non-hydrogen) atoms. The van der Waals surface area contributed by atoms with Crippen molar-refractivity contribution in [3.63, 3.8) is 0 Å². The molecule has 4 atom stereocenters. The SMILES string of the molecule is C[C@@H](O)[C@@H]1C(=O)N2C(C(=O)OCc3ccc([N+](=O)[O-])cc3)=C(S[C@H]3CCN(C(=O)OCc4ccc([N+](=O)[O-])cc4)C3)C[C@H]12. The van der Waals surface area contributed by atoms with Gasteiger partial charge < -0.3 is 24.4 Å². The van der Waals surface area contributed by atoms with Crippen LogP contribution in [0.25, 0.3) is 0 Å². The molecule has 2 aromatic rings. The largest absolute Gasteiger partial charge is 0.456 e. The predicted molar refractivity (Wildman–Crippen MR) is 151 cm³/mol. The molecule has 0 aliphatic carbocycles. The summed E-state index contributed by atoms with van der Waals surface area (Å²) in [6.45, 7) is 2.11. The van der Waals surface area contributed by atoms with Gasteiger partial charge in [-0.25, -0.2) is 9.59 Å². The Balaban J connectivity index is 1.22. The second-order valence-corrected chi connectivity index (χ2v) is 11.9. The van der Waals surface area contributed by atoms with Gasteiger partial charge in [-0.1, -0.05) is 0 Å². The Labute approximate surface area is 249 Å². The van der Waals surface area contributed by atoms with E-state index in [1.165, 1.54) is 72.1 Å². The summed E-state index contributed by atoms with van der Waals surface area (Å²) in [6.07, 6.45) is -0.430. The number of likely N-dealkylation sites (tertiary alicyclic amines) is 1. The van der Waals surface area contributed by atoms with Crippen molar-refractivity contribution in [1.29, 1.82) is 0 Å². The van der Waals surface area contributed by atoms with Crippen molar-refractivity contribution < 1.29 is 38.8 Å². The van der Waals surface area contributed by atoms with Crippen molar-refractivity contribution in [2.24, 2.45) is 5.92 Å². The lowest BCUT2D eigenvalue weighted by molar-refractivity contribution is -0.385. The Kier molecular flexibility index (Phi) is 8.64. The average molecular weight is 613 g/mol. The highest BCUT2D eigenvalue weighted by Crippen LogP contribution is 2.49. The van der Waals surface area contributed by atoms with Crippen LogP contribution in [0.2, 0.25) is 0 Å². The van der Waals surface area contributed by atoms with Gasteiger partial charge in [0.15, 0.2) is 0 Å². The van der Waals surface area contributed by atoms with Crippen LogP contribution in [0.4, 0.5) is 16.2 Å². The number of nitro groups is 2. The van der Waals surface area contributed by atoms with Gasteiger partial charge >= 0.3 is 12.1 Å². The van der Waals surface area contributed by atoms with Crippen molar-refractivity contribution in [3.8, 4) is 0 Å². The summed E-state index contributed by atoms with van der Waals surface area (Å²) in [5.74, 6) is -1.70. The summed E-state index contributed by atoms with van der Waals surface area (Å²) in [4.78, 5) is 63.1. The molecule has 0 saturated carbocycles. The molecule has 0 spiro atoms. The van der Waals surface area contributed by atoms with Crippen LogP contribution in [0.3, 0.4) is 0 Å². The average Bonchev–Trinajstić information content (AvgIpc) is 3.57. The number of thioether (sulfide) groups is 1. The zero-order valence-corrected chi connectivity index (χ0v) is 23.8. The van der Waals surface area contributed by atoms with Gasteiger partial charge in [-0.2, -0.15) is 0 Å². The number of nitrogens with zero attached hydrogens (tertiary/aromatic N) is 4. The number of carbonyl (C=O) groups excluding carboxylic acids is 3.